The van der Waals surface area contributed by atoms with Gasteiger partial charge in [-0.2, -0.15) is 0 Å². The first-order chi connectivity index (χ1) is 13.0. The van der Waals surface area contributed by atoms with Crippen LogP contribution in [0, 0.1) is 0 Å². The lowest BCUT2D eigenvalue weighted by Gasteiger charge is -2.25. The summed E-state index contributed by atoms with van der Waals surface area (Å²) in [4.78, 5) is 38.9. The highest BCUT2D eigenvalue weighted by Crippen LogP contribution is 2.25. The van der Waals surface area contributed by atoms with E-state index >= 15 is 0 Å². The molecule has 6 heteroatoms. The Balaban J connectivity index is 1.75. The monoisotopic (exact) mass is 366 g/mol. The van der Waals surface area contributed by atoms with E-state index in [1.54, 1.807) is 38.3 Å². The largest absolute Gasteiger partial charge is 0.497 e. The summed E-state index contributed by atoms with van der Waals surface area (Å²) >= 11 is 0. The smallest absolute Gasteiger partial charge is 0.262 e. The Hall–Kier alpha value is -3.15. The van der Waals surface area contributed by atoms with Gasteiger partial charge < -0.3 is 10.1 Å². The van der Waals surface area contributed by atoms with E-state index in [4.69, 9.17) is 4.74 Å². The molecule has 0 radical (unpaired) electrons. The van der Waals surface area contributed by atoms with Crippen LogP contribution in [0.4, 0.5) is 0 Å². The van der Waals surface area contributed by atoms with Crippen LogP contribution in [0.25, 0.3) is 0 Å². The molecule has 3 rings (SSSR count). The summed E-state index contributed by atoms with van der Waals surface area (Å²) in [6, 6.07) is 12.9. The van der Waals surface area contributed by atoms with Crippen LogP contribution >= 0.6 is 0 Å². The number of carbonyl (C=O) groups excluding carboxylic acids is 3. The number of nitrogens with one attached hydrogen (secondary N) is 1. The second-order valence-electron chi connectivity index (χ2n) is 6.44. The third kappa shape index (κ3) is 3.43. The van der Waals surface area contributed by atoms with Gasteiger partial charge in [-0.3, -0.25) is 19.3 Å². The summed E-state index contributed by atoms with van der Waals surface area (Å²) in [5, 5.41) is 2.94. The van der Waals surface area contributed by atoms with E-state index in [0.717, 1.165) is 16.2 Å². The molecule has 0 aliphatic carbocycles. The number of hydrogen-bond donors (Lipinski definition) is 1. The van der Waals surface area contributed by atoms with E-state index in [1.165, 1.54) is 0 Å². The standard InChI is InChI=1S/C21H22N2O4/c1-4-18(14-9-11-15(27-3)12-10-14)22-19(24)13(2)23-20(25)16-7-5-6-8-17(16)21(23)26/h5-13,18H,4H2,1-3H3,(H,22,24). The molecular weight excluding hydrogens is 344 g/mol. The molecule has 0 spiro atoms. The molecule has 0 saturated heterocycles. The van der Waals surface area contributed by atoms with Crippen LogP contribution in [0.3, 0.4) is 0 Å². The number of nitrogens with zero attached hydrogens (tertiary/aromatic N) is 1. The van der Waals surface area contributed by atoms with Gasteiger partial charge in [0.15, 0.2) is 0 Å². The van der Waals surface area contributed by atoms with Crippen molar-refractivity contribution in [3.63, 3.8) is 0 Å². The van der Waals surface area contributed by atoms with Crippen LogP contribution in [0.2, 0.25) is 0 Å². The number of rotatable bonds is 6. The molecule has 140 valence electrons. The summed E-state index contributed by atoms with van der Waals surface area (Å²) in [5.41, 5.74) is 1.61. The zero-order chi connectivity index (χ0) is 19.6. The van der Waals surface area contributed by atoms with Gasteiger partial charge in [-0.05, 0) is 43.2 Å². The number of ether oxygens (including phenoxy) is 1. The molecule has 0 aromatic heterocycles. The van der Waals surface area contributed by atoms with Crippen LogP contribution in [0.15, 0.2) is 48.5 Å². The van der Waals surface area contributed by atoms with Crippen LogP contribution in [-0.2, 0) is 4.79 Å². The van der Waals surface area contributed by atoms with Crippen molar-refractivity contribution in [1.29, 1.82) is 0 Å². The quantitative estimate of drug-likeness (QED) is 0.798. The summed E-state index contributed by atoms with van der Waals surface area (Å²) in [5.74, 6) is -0.502. The molecule has 0 saturated carbocycles. The van der Waals surface area contributed by atoms with Gasteiger partial charge in [0.25, 0.3) is 11.8 Å². The van der Waals surface area contributed by atoms with Crippen molar-refractivity contribution in [3.8, 4) is 5.75 Å². The van der Waals surface area contributed by atoms with Crippen molar-refractivity contribution >= 4 is 17.7 Å². The molecule has 2 atom stereocenters. The highest BCUT2D eigenvalue weighted by Gasteiger charge is 2.40. The molecule has 6 nitrogen and oxygen atoms in total. The fourth-order valence-corrected chi connectivity index (χ4v) is 3.23. The van der Waals surface area contributed by atoms with Gasteiger partial charge in [0.1, 0.15) is 11.8 Å². The number of amides is 3. The van der Waals surface area contributed by atoms with Crippen molar-refractivity contribution in [2.75, 3.05) is 7.11 Å². The van der Waals surface area contributed by atoms with Gasteiger partial charge in [0, 0.05) is 0 Å². The van der Waals surface area contributed by atoms with Gasteiger partial charge in [-0.15, -0.1) is 0 Å². The second-order valence-corrected chi connectivity index (χ2v) is 6.44. The van der Waals surface area contributed by atoms with Gasteiger partial charge >= 0.3 is 0 Å². The maximum atomic E-state index is 12.8. The van der Waals surface area contributed by atoms with Crippen LogP contribution in [-0.4, -0.2) is 35.8 Å². The predicted molar refractivity (Wildman–Crippen MR) is 101 cm³/mol. The topological polar surface area (TPSA) is 75.7 Å². The maximum Gasteiger partial charge on any atom is 0.262 e. The average molecular weight is 366 g/mol. The molecule has 3 amide bonds. The first kappa shape index (κ1) is 18.6. The Kier molecular flexibility index (Phi) is 5.26. The summed E-state index contributed by atoms with van der Waals surface area (Å²) in [6.45, 7) is 3.53. The fraction of sp³-hybridized carbons (Fsp3) is 0.286. The Bertz CT molecular complexity index is 841. The van der Waals surface area contributed by atoms with Crippen LogP contribution in [0.5, 0.6) is 5.75 Å². The van der Waals surface area contributed by atoms with E-state index in [2.05, 4.69) is 5.32 Å². The van der Waals surface area contributed by atoms with E-state index in [-0.39, 0.29) is 11.9 Å². The second kappa shape index (κ2) is 7.61. The van der Waals surface area contributed by atoms with E-state index in [9.17, 15) is 14.4 Å². The lowest BCUT2D eigenvalue weighted by molar-refractivity contribution is -0.125. The third-order valence-electron chi connectivity index (χ3n) is 4.84. The van der Waals surface area contributed by atoms with E-state index in [1.807, 2.05) is 31.2 Å². The summed E-state index contributed by atoms with van der Waals surface area (Å²) in [7, 11) is 1.60. The molecule has 1 heterocycles. The normalized spacial score (nSPS) is 15.3. The molecule has 1 aliphatic heterocycles. The number of fused-ring (bicyclic) bond motifs is 1. The lowest BCUT2D eigenvalue weighted by atomic mass is 10.0. The first-order valence-corrected chi connectivity index (χ1v) is 8.89. The van der Waals surface area contributed by atoms with Gasteiger partial charge in [-0.1, -0.05) is 31.2 Å². The minimum absolute atomic E-state index is 0.221. The molecule has 2 aromatic carbocycles. The summed E-state index contributed by atoms with van der Waals surface area (Å²) in [6.07, 6.45) is 0.674. The molecule has 0 bridgehead atoms. The number of imide groups is 1. The number of methoxy groups -OCH3 is 1. The molecule has 27 heavy (non-hydrogen) atoms. The third-order valence-corrected chi connectivity index (χ3v) is 4.84. The Morgan fingerprint density at radius 2 is 1.59 bits per heavy atom. The summed E-state index contributed by atoms with van der Waals surface area (Å²) < 4.78 is 5.15. The zero-order valence-corrected chi connectivity index (χ0v) is 15.6. The fourth-order valence-electron chi connectivity index (χ4n) is 3.23. The highest BCUT2D eigenvalue weighted by molar-refractivity contribution is 6.22. The average Bonchev–Trinajstić information content (AvgIpc) is 2.96. The molecule has 0 fully saturated rings. The number of benzene rings is 2. The van der Waals surface area contributed by atoms with Crippen molar-refractivity contribution in [2.24, 2.45) is 0 Å². The lowest BCUT2D eigenvalue weighted by Crippen LogP contribution is -2.48. The van der Waals surface area contributed by atoms with Crippen LogP contribution in [0.1, 0.15) is 52.6 Å². The Morgan fingerprint density at radius 1 is 1.04 bits per heavy atom. The minimum atomic E-state index is -0.898. The zero-order valence-electron chi connectivity index (χ0n) is 15.6. The molecule has 1 N–H and O–H groups in total. The molecule has 2 aromatic rings. The SMILES string of the molecule is CCC(NC(=O)C(C)N1C(=O)c2ccccc2C1=O)c1ccc(OC)cc1. The molecule has 1 aliphatic rings. The van der Waals surface area contributed by atoms with Crippen molar-refractivity contribution in [2.45, 2.75) is 32.4 Å². The Labute approximate surface area is 158 Å². The van der Waals surface area contributed by atoms with Gasteiger partial charge in [0.2, 0.25) is 5.91 Å². The van der Waals surface area contributed by atoms with Crippen LogP contribution < -0.4 is 10.1 Å². The van der Waals surface area contributed by atoms with E-state index < -0.39 is 17.9 Å². The Morgan fingerprint density at radius 3 is 2.07 bits per heavy atom. The van der Waals surface area contributed by atoms with E-state index in [0.29, 0.717) is 17.5 Å². The number of hydrogen-bond acceptors (Lipinski definition) is 4. The van der Waals surface area contributed by atoms with Crippen molar-refractivity contribution < 1.29 is 19.1 Å². The molecular formula is C21H22N2O4. The van der Waals surface area contributed by atoms with Gasteiger partial charge in [-0.25, -0.2) is 0 Å². The maximum absolute atomic E-state index is 12.8. The predicted octanol–water partition coefficient (Wildman–Crippen LogP) is 2.95. The molecule has 2 unspecified atom stereocenters. The minimum Gasteiger partial charge on any atom is -0.497 e. The number of carbonyl (C=O) groups is 3. The first-order valence-electron chi connectivity index (χ1n) is 8.89. The van der Waals surface area contributed by atoms with Crippen molar-refractivity contribution in [3.05, 3.63) is 65.2 Å². The van der Waals surface area contributed by atoms with Gasteiger partial charge in [0.05, 0.1) is 24.3 Å². The van der Waals surface area contributed by atoms with Crippen molar-refractivity contribution in [1.82, 2.24) is 10.2 Å². The highest BCUT2D eigenvalue weighted by atomic mass is 16.5.